The molecule has 0 N–H and O–H groups in total. The van der Waals surface area contributed by atoms with Gasteiger partial charge in [-0.3, -0.25) is 0 Å². The van der Waals surface area contributed by atoms with Gasteiger partial charge in [0.2, 0.25) is 0 Å². The van der Waals surface area contributed by atoms with Crippen molar-refractivity contribution in [1.29, 1.82) is 0 Å². The van der Waals surface area contributed by atoms with Crippen LogP contribution in [0.25, 0.3) is 0 Å². The van der Waals surface area contributed by atoms with E-state index in [9.17, 15) is 0 Å². The van der Waals surface area contributed by atoms with Gasteiger partial charge in [-0.1, -0.05) is 0 Å². The number of methoxy groups -OCH3 is 12. The van der Waals surface area contributed by atoms with Crippen LogP contribution in [-0.4, -0.2) is 85.3 Å². The molecule has 24 nitrogen and oxygen atoms in total. The van der Waals surface area contributed by atoms with E-state index in [1.165, 1.54) is 0 Å². The molecule has 12 aromatic carbocycles. The fourth-order valence-corrected chi connectivity index (χ4v) is 12.9. The average Bonchev–Trinajstić information content (AvgIpc) is 0.871. The summed E-state index contributed by atoms with van der Waals surface area (Å²) in [4.78, 5) is 0. The summed E-state index contributed by atoms with van der Waals surface area (Å²) in [7, 11) is 12.3. The van der Waals surface area contributed by atoms with Gasteiger partial charge in [-0.05, 0) is 291 Å². The standard InChI is InChI=1S/4C21H21O6P.Ni/c4*1-22-16-4-10-19(11-5-16)25-28(26-20-12-6-17(23-2)7-13-20)27-21-14-8-18(24-3)9-15-21;/h4*4-15H,1-3H3;. The molecule has 0 saturated carbocycles. The minimum absolute atomic E-state index is 0. The maximum absolute atomic E-state index is 5.94. The summed E-state index contributed by atoms with van der Waals surface area (Å²) >= 11 is 0. The molecule has 113 heavy (non-hydrogen) atoms. The van der Waals surface area contributed by atoms with Gasteiger partial charge in [0.25, 0.3) is 0 Å². The third-order valence-corrected chi connectivity index (χ3v) is 19.2. The molecule has 594 valence electrons. The van der Waals surface area contributed by atoms with Crippen molar-refractivity contribution in [3.63, 3.8) is 0 Å². The number of ether oxygens (including phenoxy) is 12. The molecular formula is C84H84NiO24P4. The Labute approximate surface area is 672 Å². The van der Waals surface area contributed by atoms with Crippen LogP contribution in [0.2, 0.25) is 0 Å². The van der Waals surface area contributed by atoms with Crippen LogP contribution in [0.4, 0.5) is 0 Å². The van der Waals surface area contributed by atoms with Crippen molar-refractivity contribution in [2.75, 3.05) is 85.3 Å². The predicted molar refractivity (Wildman–Crippen MR) is 431 cm³/mol. The molecule has 0 bridgehead atoms. The van der Waals surface area contributed by atoms with Crippen molar-refractivity contribution in [3.05, 3.63) is 291 Å². The molecule has 12 rings (SSSR count). The van der Waals surface area contributed by atoms with E-state index in [0.29, 0.717) is 69.0 Å². The fraction of sp³-hybridized carbons (Fsp3) is 0.143. The first kappa shape index (κ1) is 86.6. The van der Waals surface area contributed by atoms with E-state index >= 15 is 0 Å². The Balaban J connectivity index is 0.000000188. The van der Waals surface area contributed by atoms with Gasteiger partial charge in [-0.25, -0.2) is 0 Å². The summed E-state index contributed by atoms with van der Waals surface area (Å²) in [5, 5.41) is 0. The largest absolute Gasteiger partial charge is 0.530 e. The topological polar surface area (TPSA) is 222 Å². The smallest absolute Gasteiger partial charge is 0.497 e. The van der Waals surface area contributed by atoms with Crippen LogP contribution in [0.15, 0.2) is 291 Å². The summed E-state index contributed by atoms with van der Waals surface area (Å²) in [5.41, 5.74) is 0. The number of hydrogen-bond donors (Lipinski definition) is 0. The maximum Gasteiger partial charge on any atom is 0.530 e. The molecule has 0 unspecified atom stereocenters. The molecule has 0 aliphatic carbocycles. The van der Waals surface area contributed by atoms with Gasteiger partial charge in [0.05, 0.1) is 85.3 Å². The fourth-order valence-electron chi connectivity index (χ4n) is 8.90. The van der Waals surface area contributed by atoms with E-state index < -0.39 is 34.4 Å². The van der Waals surface area contributed by atoms with Gasteiger partial charge in [-0.2, -0.15) is 0 Å². The molecule has 0 spiro atoms. The molecular weight excluding hydrogens is 1580 g/mol. The molecule has 12 aromatic rings. The van der Waals surface area contributed by atoms with Crippen molar-refractivity contribution in [2.45, 2.75) is 0 Å². The summed E-state index contributed by atoms with van der Waals surface area (Å²) in [5.74, 6) is 16.1. The second-order valence-electron chi connectivity index (χ2n) is 22.1. The first-order valence-electron chi connectivity index (χ1n) is 33.8. The van der Waals surface area contributed by atoms with Gasteiger partial charge < -0.3 is 111 Å². The monoisotopic (exact) mass is 1660 g/mol. The normalized spacial score (nSPS) is 10.2. The maximum atomic E-state index is 5.94. The Morgan fingerprint density at radius 1 is 0.106 bits per heavy atom. The molecule has 0 saturated heterocycles. The van der Waals surface area contributed by atoms with Crippen molar-refractivity contribution in [3.8, 4) is 138 Å². The summed E-state index contributed by atoms with van der Waals surface area (Å²) < 4.78 is 133. The Hall–Kier alpha value is -11.9. The molecule has 0 atom stereocenters. The van der Waals surface area contributed by atoms with Crippen molar-refractivity contribution in [1.82, 2.24) is 0 Å². The Morgan fingerprint density at radius 2 is 0.159 bits per heavy atom. The van der Waals surface area contributed by atoms with Gasteiger partial charge in [-0.15, -0.1) is 0 Å². The number of benzene rings is 12. The Bertz CT molecular complexity index is 3530. The zero-order valence-electron chi connectivity index (χ0n) is 63.6. The Morgan fingerprint density at radius 3 is 0.212 bits per heavy atom. The summed E-state index contributed by atoms with van der Waals surface area (Å²) in [6, 6.07) is 86.5. The second-order valence-corrected chi connectivity index (χ2v) is 26.1. The molecule has 0 aliphatic heterocycles. The van der Waals surface area contributed by atoms with E-state index in [1.807, 2.05) is 146 Å². The van der Waals surface area contributed by atoms with Crippen LogP contribution < -0.4 is 111 Å². The van der Waals surface area contributed by atoms with Crippen molar-refractivity contribution < 1.29 is 128 Å². The van der Waals surface area contributed by atoms with Crippen molar-refractivity contribution in [2.24, 2.45) is 0 Å². The molecule has 0 fully saturated rings. The molecule has 0 aromatic heterocycles. The predicted octanol–water partition coefficient (Wildman–Crippen LogP) is 21.9. The summed E-state index contributed by atoms with van der Waals surface area (Å²) in [6.45, 7) is 0. The van der Waals surface area contributed by atoms with Crippen LogP contribution >= 0.6 is 34.4 Å². The van der Waals surface area contributed by atoms with Gasteiger partial charge >= 0.3 is 34.4 Å². The molecule has 29 heteroatoms. The zero-order chi connectivity index (χ0) is 79.1. The first-order chi connectivity index (χ1) is 54.8. The van der Waals surface area contributed by atoms with E-state index in [1.54, 1.807) is 231 Å². The van der Waals surface area contributed by atoms with Crippen LogP contribution in [0.3, 0.4) is 0 Å². The van der Waals surface area contributed by atoms with Gasteiger partial charge in [0, 0.05) is 16.5 Å². The van der Waals surface area contributed by atoms with Crippen LogP contribution in [0.1, 0.15) is 0 Å². The molecule has 0 radical (unpaired) electrons. The van der Waals surface area contributed by atoms with E-state index in [4.69, 9.17) is 111 Å². The minimum Gasteiger partial charge on any atom is -0.497 e. The third kappa shape index (κ3) is 29.7. The van der Waals surface area contributed by atoms with E-state index in [2.05, 4.69) is 0 Å². The van der Waals surface area contributed by atoms with E-state index in [0.717, 1.165) is 69.0 Å². The van der Waals surface area contributed by atoms with E-state index in [-0.39, 0.29) is 16.5 Å². The third-order valence-electron chi connectivity index (χ3n) is 14.9. The van der Waals surface area contributed by atoms with Crippen LogP contribution in [-0.2, 0) is 16.5 Å². The molecule has 0 heterocycles. The zero-order valence-corrected chi connectivity index (χ0v) is 68.2. The summed E-state index contributed by atoms with van der Waals surface area (Å²) in [6.07, 6.45) is 0. The quantitative estimate of drug-likeness (QED) is 0.0263. The van der Waals surface area contributed by atoms with Crippen LogP contribution in [0, 0.1) is 0 Å². The van der Waals surface area contributed by atoms with Crippen LogP contribution in [0.5, 0.6) is 138 Å². The Kier molecular flexibility index (Phi) is 36.3. The molecule has 0 amide bonds. The number of rotatable bonds is 36. The first-order valence-corrected chi connectivity index (χ1v) is 38.2. The minimum atomic E-state index is -1.75. The SMILES string of the molecule is COc1ccc(OP(Oc2ccc(OC)cc2)Oc2ccc(OC)cc2)cc1.COc1ccc(OP(Oc2ccc(OC)cc2)Oc2ccc(OC)cc2)cc1.COc1ccc(OP(Oc2ccc(OC)cc2)Oc2ccc(OC)cc2)cc1.COc1ccc(OP(Oc2ccc(OC)cc2)Oc2ccc(OC)cc2)cc1.[Ni]. The average molecular weight is 1660 g/mol. The molecule has 0 aliphatic rings. The van der Waals surface area contributed by atoms with Gasteiger partial charge in [0.1, 0.15) is 138 Å². The van der Waals surface area contributed by atoms with Crippen molar-refractivity contribution >= 4 is 34.4 Å². The second kappa shape index (κ2) is 47.3. The number of hydrogen-bond acceptors (Lipinski definition) is 24. The van der Waals surface area contributed by atoms with Gasteiger partial charge in [0.15, 0.2) is 0 Å².